The molecule has 0 saturated carbocycles. The fourth-order valence-corrected chi connectivity index (χ4v) is 2.77. The topological polar surface area (TPSA) is 41.1 Å². The lowest BCUT2D eigenvalue weighted by Crippen LogP contribution is -2.19. The highest BCUT2D eigenvalue weighted by Gasteiger charge is 2.14. The van der Waals surface area contributed by atoms with E-state index >= 15 is 0 Å². The van der Waals surface area contributed by atoms with E-state index in [1.165, 1.54) is 16.7 Å². The van der Waals surface area contributed by atoms with Crippen LogP contribution in [0.2, 0.25) is 0 Å². The van der Waals surface area contributed by atoms with Crippen LogP contribution in [0.4, 0.5) is 11.4 Å². The van der Waals surface area contributed by atoms with Gasteiger partial charge in [-0.15, -0.1) is 0 Å². The van der Waals surface area contributed by atoms with Crippen LogP contribution in [0.15, 0.2) is 42.5 Å². The molecule has 0 aliphatic carbocycles. The molecule has 21 heavy (non-hydrogen) atoms. The van der Waals surface area contributed by atoms with Gasteiger partial charge in [0.05, 0.1) is 0 Å². The lowest BCUT2D eigenvalue weighted by atomic mass is 10.0. The molecule has 0 bridgehead atoms. The van der Waals surface area contributed by atoms with Crippen molar-refractivity contribution < 1.29 is 4.79 Å². The summed E-state index contributed by atoms with van der Waals surface area (Å²) in [5.41, 5.74) is 5.99. The molecule has 1 amide bonds. The molecule has 1 aliphatic heterocycles. The molecule has 0 unspecified atom stereocenters. The Balaban J connectivity index is 1.72. The SMILES string of the molecule is CCc1ccccc1CNc1ccc2c(c1)CCC(=O)N2. The first kappa shape index (κ1) is 13.7. The van der Waals surface area contributed by atoms with E-state index in [-0.39, 0.29) is 5.91 Å². The Bertz CT molecular complexity index is 664. The van der Waals surface area contributed by atoms with E-state index in [0.717, 1.165) is 30.8 Å². The first-order chi connectivity index (χ1) is 10.3. The van der Waals surface area contributed by atoms with E-state index in [0.29, 0.717) is 6.42 Å². The monoisotopic (exact) mass is 280 g/mol. The second kappa shape index (κ2) is 6.00. The van der Waals surface area contributed by atoms with Crippen LogP contribution in [-0.2, 0) is 24.2 Å². The zero-order valence-electron chi connectivity index (χ0n) is 12.3. The molecule has 1 heterocycles. The van der Waals surface area contributed by atoms with Crippen molar-refractivity contribution in [2.45, 2.75) is 32.7 Å². The Morgan fingerprint density at radius 3 is 2.71 bits per heavy atom. The molecule has 0 aromatic heterocycles. The third kappa shape index (κ3) is 3.07. The van der Waals surface area contributed by atoms with Crippen LogP contribution in [-0.4, -0.2) is 5.91 Å². The largest absolute Gasteiger partial charge is 0.381 e. The Labute approximate surface area is 125 Å². The van der Waals surface area contributed by atoms with Gasteiger partial charge in [0.2, 0.25) is 5.91 Å². The standard InChI is InChI=1S/C18H20N2O/c1-2-13-5-3-4-6-15(13)12-19-16-8-9-17-14(11-16)7-10-18(21)20-17/h3-6,8-9,11,19H,2,7,10,12H2,1H3,(H,20,21). The van der Waals surface area contributed by atoms with E-state index in [2.05, 4.69) is 47.9 Å². The van der Waals surface area contributed by atoms with Gasteiger partial charge >= 0.3 is 0 Å². The zero-order valence-corrected chi connectivity index (χ0v) is 12.3. The molecule has 1 aliphatic rings. The summed E-state index contributed by atoms with van der Waals surface area (Å²) in [7, 11) is 0. The predicted octanol–water partition coefficient (Wildman–Crippen LogP) is 3.75. The minimum absolute atomic E-state index is 0.111. The highest BCUT2D eigenvalue weighted by molar-refractivity contribution is 5.94. The number of benzene rings is 2. The average Bonchev–Trinajstić information content (AvgIpc) is 2.53. The Kier molecular flexibility index (Phi) is 3.91. The molecule has 2 aromatic rings. The van der Waals surface area contributed by atoms with E-state index in [1.54, 1.807) is 0 Å². The minimum Gasteiger partial charge on any atom is -0.381 e. The average molecular weight is 280 g/mol. The molecule has 3 rings (SSSR count). The van der Waals surface area contributed by atoms with E-state index in [4.69, 9.17) is 0 Å². The van der Waals surface area contributed by atoms with Gasteiger partial charge in [0.1, 0.15) is 0 Å². The third-order valence-electron chi connectivity index (χ3n) is 3.98. The van der Waals surface area contributed by atoms with Crippen LogP contribution in [0.1, 0.15) is 30.0 Å². The molecule has 0 fully saturated rings. The smallest absolute Gasteiger partial charge is 0.224 e. The highest BCUT2D eigenvalue weighted by atomic mass is 16.1. The molecule has 3 heteroatoms. The number of nitrogens with one attached hydrogen (secondary N) is 2. The lowest BCUT2D eigenvalue weighted by Gasteiger charge is -2.18. The molecule has 108 valence electrons. The normalized spacial score (nSPS) is 13.5. The van der Waals surface area contributed by atoms with Gasteiger partial charge in [-0.05, 0) is 47.7 Å². The van der Waals surface area contributed by atoms with Gasteiger partial charge in [-0.25, -0.2) is 0 Å². The maximum atomic E-state index is 11.4. The first-order valence-corrected chi connectivity index (χ1v) is 7.49. The van der Waals surface area contributed by atoms with Crippen LogP contribution in [0, 0.1) is 0 Å². The van der Waals surface area contributed by atoms with Crippen molar-refractivity contribution in [1.82, 2.24) is 0 Å². The molecule has 0 spiro atoms. The number of carbonyl (C=O) groups is 1. The number of fused-ring (bicyclic) bond motifs is 1. The molecule has 2 N–H and O–H groups in total. The lowest BCUT2D eigenvalue weighted by molar-refractivity contribution is -0.116. The van der Waals surface area contributed by atoms with Crippen LogP contribution in [0.3, 0.4) is 0 Å². The van der Waals surface area contributed by atoms with Crippen molar-refractivity contribution in [3.05, 3.63) is 59.2 Å². The van der Waals surface area contributed by atoms with Crippen LogP contribution < -0.4 is 10.6 Å². The quantitative estimate of drug-likeness (QED) is 0.895. The van der Waals surface area contributed by atoms with Gasteiger partial charge in [-0.3, -0.25) is 4.79 Å². The number of rotatable bonds is 4. The van der Waals surface area contributed by atoms with Crippen LogP contribution in [0.5, 0.6) is 0 Å². The minimum atomic E-state index is 0.111. The predicted molar refractivity (Wildman–Crippen MR) is 86.5 cm³/mol. The van der Waals surface area contributed by atoms with Gasteiger partial charge in [0.25, 0.3) is 0 Å². The van der Waals surface area contributed by atoms with Crippen LogP contribution in [0.25, 0.3) is 0 Å². The highest BCUT2D eigenvalue weighted by Crippen LogP contribution is 2.26. The first-order valence-electron chi connectivity index (χ1n) is 7.49. The summed E-state index contributed by atoms with van der Waals surface area (Å²) in [6.07, 6.45) is 2.45. The Morgan fingerprint density at radius 2 is 1.90 bits per heavy atom. The van der Waals surface area contributed by atoms with Crippen molar-refractivity contribution >= 4 is 17.3 Å². The number of hydrogen-bond acceptors (Lipinski definition) is 2. The van der Waals surface area contributed by atoms with E-state index in [9.17, 15) is 4.79 Å². The number of aryl methyl sites for hydroxylation is 2. The summed E-state index contributed by atoms with van der Waals surface area (Å²) in [5, 5.41) is 6.40. The number of hydrogen-bond donors (Lipinski definition) is 2. The third-order valence-corrected chi connectivity index (χ3v) is 3.98. The fraction of sp³-hybridized carbons (Fsp3) is 0.278. The summed E-state index contributed by atoms with van der Waals surface area (Å²) in [4.78, 5) is 11.4. The fourth-order valence-electron chi connectivity index (χ4n) is 2.77. The molecule has 0 atom stereocenters. The molecule has 2 aromatic carbocycles. The van der Waals surface area contributed by atoms with Crippen LogP contribution >= 0.6 is 0 Å². The zero-order chi connectivity index (χ0) is 14.7. The second-order valence-electron chi connectivity index (χ2n) is 5.40. The second-order valence-corrected chi connectivity index (χ2v) is 5.40. The van der Waals surface area contributed by atoms with Gasteiger partial charge in [-0.1, -0.05) is 31.2 Å². The van der Waals surface area contributed by atoms with E-state index in [1.807, 2.05) is 12.1 Å². The molecular formula is C18H20N2O. The molecular weight excluding hydrogens is 260 g/mol. The Morgan fingerprint density at radius 1 is 1.10 bits per heavy atom. The van der Waals surface area contributed by atoms with Gasteiger partial charge in [0, 0.05) is 24.3 Å². The van der Waals surface area contributed by atoms with Gasteiger partial charge in [-0.2, -0.15) is 0 Å². The van der Waals surface area contributed by atoms with Crippen molar-refractivity contribution in [3.8, 4) is 0 Å². The number of anilines is 2. The van der Waals surface area contributed by atoms with Crippen molar-refractivity contribution in [3.63, 3.8) is 0 Å². The van der Waals surface area contributed by atoms with Gasteiger partial charge in [0.15, 0.2) is 0 Å². The number of amides is 1. The van der Waals surface area contributed by atoms with Crippen molar-refractivity contribution in [1.29, 1.82) is 0 Å². The Hall–Kier alpha value is -2.29. The van der Waals surface area contributed by atoms with E-state index < -0.39 is 0 Å². The summed E-state index contributed by atoms with van der Waals surface area (Å²) in [5.74, 6) is 0.111. The maximum absolute atomic E-state index is 11.4. The summed E-state index contributed by atoms with van der Waals surface area (Å²) >= 11 is 0. The molecule has 0 saturated heterocycles. The van der Waals surface area contributed by atoms with Crippen molar-refractivity contribution in [2.75, 3.05) is 10.6 Å². The molecule has 3 nitrogen and oxygen atoms in total. The van der Waals surface area contributed by atoms with Crippen molar-refractivity contribution in [2.24, 2.45) is 0 Å². The molecule has 0 radical (unpaired) electrons. The summed E-state index contributed by atoms with van der Waals surface area (Å²) in [6.45, 7) is 3.01. The summed E-state index contributed by atoms with van der Waals surface area (Å²) in [6, 6.07) is 14.7. The summed E-state index contributed by atoms with van der Waals surface area (Å²) < 4.78 is 0. The van der Waals surface area contributed by atoms with Gasteiger partial charge < -0.3 is 10.6 Å². The number of carbonyl (C=O) groups excluding carboxylic acids is 1. The maximum Gasteiger partial charge on any atom is 0.224 e.